The van der Waals surface area contributed by atoms with Crippen molar-refractivity contribution in [2.24, 2.45) is 7.05 Å². The number of fused-ring (bicyclic) bond motifs is 5. The average molecular weight is 508 g/mol. The number of nitrogens with zero attached hydrogens (tertiary/aromatic N) is 6. The van der Waals surface area contributed by atoms with Crippen LogP contribution >= 0.6 is 27.5 Å². The molecular weight excluding hydrogens is 484 g/mol. The Morgan fingerprint density at radius 1 is 1.23 bits per heavy atom. The fourth-order valence-electron chi connectivity index (χ4n) is 4.75. The van der Waals surface area contributed by atoms with Gasteiger partial charge in [-0.1, -0.05) is 0 Å². The number of rotatable bonds is 1. The summed E-state index contributed by atoms with van der Waals surface area (Å²) in [6.45, 7) is 7.05. The average Bonchev–Trinajstić information content (AvgIpc) is 3.17. The Labute approximate surface area is 193 Å². The second-order valence-electron chi connectivity index (χ2n) is 9.31. The van der Waals surface area contributed by atoms with Gasteiger partial charge in [-0.05, 0) is 67.2 Å². The van der Waals surface area contributed by atoms with E-state index in [2.05, 4.69) is 35.9 Å². The van der Waals surface area contributed by atoms with Crippen LogP contribution in [0.4, 0.5) is 10.6 Å². The molecule has 0 unspecified atom stereocenters. The molecule has 5 rings (SSSR count). The quantitative estimate of drug-likeness (QED) is 0.451. The van der Waals surface area contributed by atoms with E-state index < -0.39 is 5.60 Å². The van der Waals surface area contributed by atoms with Gasteiger partial charge in [-0.3, -0.25) is 9.58 Å². The number of hydrogen-bond donors (Lipinski definition) is 0. The molecule has 1 amide bonds. The Bertz CT molecular complexity index is 1190. The molecule has 0 radical (unpaired) electrons. The maximum absolute atomic E-state index is 12.8. The largest absolute Gasteiger partial charge is 0.444 e. The van der Waals surface area contributed by atoms with Crippen LogP contribution in [0.5, 0.6) is 0 Å². The molecule has 0 aliphatic carbocycles. The first-order valence-corrected chi connectivity index (χ1v) is 11.5. The summed E-state index contributed by atoms with van der Waals surface area (Å²) in [5, 5.41) is 6.69. The minimum absolute atomic E-state index is 0.0808. The second-order valence-corrected chi connectivity index (χ2v) is 10.5. The number of aryl methyl sites for hydroxylation is 1. The molecular formula is C21H24BrClN6O2. The summed E-state index contributed by atoms with van der Waals surface area (Å²) in [5.41, 5.74) is 1.12. The van der Waals surface area contributed by atoms with Gasteiger partial charge in [0.05, 0.1) is 23.0 Å². The van der Waals surface area contributed by atoms with Crippen LogP contribution in [0, 0.1) is 0 Å². The molecule has 2 saturated heterocycles. The molecule has 2 atom stereocenters. The van der Waals surface area contributed by atoms with Crippen LogP contribution in [0.3, 0.4) is 0 Å². The molecule has 2 aromatic heterocycles. The van der Waals surface area contributed by atoms with Gasteiger partial charge in [0, 0.05) is 36.2 Å². The Morgan fingerprint density at radius 2 is 1.90 bits per heavy atom. The van der Waals surface area contributed by atoms with E-state index in [1.54, 1.807) is 4.68 Å². The molecule has 4 heterocycles. The van der Waals surface area contributed by atoms with Crippen LogP contribution in [-0.4, -0.2) is 61.5 Å². The first-order valence-electron chi connectivity index (χ1n) is 10.4. The lowest BCUT2D eigenvalue weighted by Gasteiger charge is -2.42. The van der Waals surface area contributed by atoms with Crippen LogP contribution in [0.15, 0.2) is 16.7 Å². The lowest BCUT2D eigenvalue weighted by atomic mass is 10.1. The smallest absolute Gasteiger partial charge is 0.410 e. The monoisotopic (exact) mass is 506 g/mol. The normalized spacial score (nSPS) is 21.4. The number of ether oxygens (including phenoxy) is 1. The van der Waals surface area contributed by atoms with E-state index in [0.717, 1.165) is 44.9 Å². The van der Waals surface area contributed by atoms with Crippen molar-refractivity contribution in [1.29, 1.82) is 0 Å². The third kappa shape index (κ3) is 3.61. The lowest BCUT2D eigenvalue weighted by Crippen LogP contribution is -2.57. The number of anilines is 1. The van der Waals surface area contributed by atoms with E-state index in [0.29, 0.717) is 13.1 Å². The zero-order valence-electron chi connectivity index (χ0n) is 17.9. The standard InChI is InChI=1S/C21H24BrClN6O2/c1-21(2,3)31-20(30)29-11-5-6-12(29)9-28(8-11)18-16-13-10-27(4)26-17(13)14(22)7-15(16)24-19(23)25-18/h7,10-12H,5-6,8-9H2,1-4H3/t11-,12+. The Kier molecular flexibility index (Phi) is 4.82. The number of piperazine rings is 1. The van der Waals surface area contributed by atoms with E-state index in [1.165, 1.54) is 0 Å². The third-order valence-corrected chi connectivity index (χ3v) is 6.64. The molecule has 2 aliphatic heterocycles. The van der Waals surface area contributed by atoms with E-state index in [-0.39, 0.29) is 23.5 Å². The minimum atomic E-state index is -0.511. The van der Waals surface area contributed by atoms with Crippen LogP contribution in [-0.2, 0) is 11.8 Å². The summed E-state index contributed by atoms with van der Waals surface area (Å²) >= 11 is 9.92. The van der Waals surface area contributed by atoms with Crippen LogP contribution in [0.2, 0.25) is 5.28 Å². The molecule has 3 aromatic rings. The molecule has 0 saturated carbocycles. The fourth-order valence-corrected chi connectivity index (χ4v) is 5.44. The highest BCUT2D eigenvalue weighted by Crippen LogP contribution is 2.39. The van der Waals surface area contributed by atoms with Crippen molar-refractivity contribution in [3.05, 3.63) is 22.0 Å². The van der Waals surface area contributed by atoms with E-state index in [4.69, 9.17) is 16.3 Å². The third-order valence-electron chi connectivity index (χ3n) is 5.86. The van der Waals surface area contributed by atoms with Crippen molar-refractivity contribution >= 4 is 61.2 Å². The van der Waals surface area contributed by atoms with Crippen molar-refractivity contribution in [2.75, 3.05) is 18.0 Å². The number of hydrogen-bond acceptors (Lipinski definition) is 6. The molecule has 10 heteroatoms. The van der Waals surface area contributed by atoms with Gasteiger partial charge in [0.2, 0.25) is 5.28 Å². The number of carbonyl (C=O) groups is 1. The van der Waals surface area contributed by atoms with Crippen molar-refractivity contribution < 1.29 is 9.53 Å². The zero-order chi connectivity index (χ0) is 22.1. The second kappa shape index (κ2) is 7.20. The highest BCUT2D eigenvalue weighted by atomic mass is 79.9. The predicted molar refractivity (Wildman–Crippen MR) is 124 cm³/mol. The maximum atomic E-state index is 12.8. The first kappa shape index (κ1) is 20.8. The fraction of sp³-hybridized carbons (Fsp3) is 0.524. The van der Waals surface area contributed by atoms with Crippen molar-refractivity contribution in [3.8, 4) is 0 Å². The molecule has 31 heavy (non-hydrogen) atoms. The van der Waals surface area contributed by atoms with Gasteiger partial charge in [0.15, 0.2) is 0 Å². The van der Waals surface area contributed by atoms with Crippen molar-refractivity contribution in [3.63, 3.8) is 0 Å². The summed E-state index contributed by atoms with van der Waals surface area (Å²) in [4.78, 5) is 26.1. The molecule has 8 nitrogen and oxygen atoms in total. The SMILES string of the molecule is Cn1cc2c(n1)c(Br)cc1nc(Cl)nc(N3C[C@H]4CC[C@@H](C3)N4C(=O)OC(C)(C)C)c12. The van der Waals surface area contributed by atoms with Gasteiger partial charge in [-0.25, -0.2) is 9.78 Å². The van der Waals surface area contributed by atoms with Gasteiger partial charge in [0.1, 0.15) is 16.9 Å². The molecule has 2 aliphatic rings. The van der Waals surface area contributed by atoms with Crippen LogP contribution in [0.1, 0.15) is 33.6 Å². The summed E-state index contributed by atoms with van der Waals surface area (Å²) in [6.07, 6.45) is 3.65. The molecule has 164 valence electrons. The minimum Gasteiger partial charge on any atom is -0.444 e. The highest BCUT2D eigenvalue weighted by Gasteiger charge is 2.45. The predicted octanol–water partition coefficient (Wildman–Crippen LogP) is 4.52. The van der Waals surface area contributed by atoms with Crippen molar-refractivity contribution in [2.45, 2.75) is 51.3 Å². The Hall–Kier alpha value is -2.13. The molecule has 2 bridgehead atoms. The number of carbonyl (C=O) groups excluding carboxylic acids is 1. The van der Waals surface area contributed by atoms with Gasteiger partial charge >= 0.3 is 6.09 Å². The zero-order valence-corrected chi connectivity index (χ0v) is 20.2. The lowest BCUT2D eigenvalue weighted by molar-refractivity contribution is 0.0123. The van der Waals surface area contributed by atoms with Gasteiger partial charge in [0.25, 0.3) is 0 Å². The van der Waals surface area contributed by atoms with E-state index >= 15 is 0 Å². The molecule has 2 fully saturated rings. The number of halogens is 2. The topological polar surface area (TPSA) is 76.4 Å². The number of benzene rings is 1. The van der Waals surface area contributed by atoms with Gasteiger partial charge < -0.3 is 9.64 Å². The van der Waals surface area contributed by atoms with Crippen LogP contribution in [0.25, 0.3) is 21.8 Å². The molecule has 0 spiro atoms. The molecule has 0 N–H and O–H groups in total. The van der Waals surface area contributed by atoms with Gasteiger partial charge in [-0.15, -0.1) is 0 Å². The summed E-state index contributed by atoms with van der Waals surface area (Å²) < 4.78 is 8.32. The number of aromatic nitrogens is 4. The van der Waals surface area contributed by atoms with Gasteiger partial charge in [-0.2, -0.15) is 10.1 Å². The number of amides is 1. The van der Waals surface area contributed by atoms with E-state index in [1.807, 2.05) is 45.0 Å². The van der Waals surface area contributed by atoms with Crippen LogP contribution < -0.4 is 4.90 Å². The summed E-state index contributed by atoms with van der Waals surface area (Å²) in [7, 11) is 1.90. The summed E-state index contributed by atoms with van der Waals surface area (Å²) in [5.74, 6) is 0.793. The first-order chi connectivity index (χ1) is 14.6. The van der Waals surface area contributed by atoms with E-state index in [9.17, 15) is 4.79 Å². The highest BCUT2D eigenvalue weighted by molar-refractivity contribution is 9.10. The molecule has 1 aromatic carbocycles. The maximum Gasteiger partial charge on any atom is 0.410 e. The summed E-state index contributed by atoms with van der Waals surface area (Å²) in [6, 6.07) is 2.10. The Balaban J connectivity index is 1.56. The van der Waals surface area contributed by atoms with Crippen molar-refractivity contribution in [1.82, 2.24) is 24.6 Å². The Morgan fingerprint density at radius 3 is 2.55 bits per heavy atom.